The normalized spacial score (nSPS) is 12.6. The summed E-state index contributed by atoms with van der Waals surface area (Å²) in [6.45, 7) is 1.52. The second-order valence-corrected chi connectivity index (χ2v) is 4.91. The van der Waals surface area contributed by atoms with E-state index in [0.29, 0.717) is 5.56 Å². The first-order valence-corrected chi connectivity index (χ1v) is 6.78. The van der Waals surface area contributed by atoms with Gasteiger partial charge in [-0.2, -0.15) is 0 Å². The van der Waals surface area contributed by atoms with Gasteiger partial charge < -0.3 is 10.1 Å². The summed E-state index contributed by atoms with van der Waals surface area (Å²) < 4.78 is 67.1. The minimum absolute atomic E-state index is 0.412. The number of nitrogens with one attached hydrogen (secondary N) is 1. The number of ether oxygens (including phenoxy) is 1. The number of amides is 1. The first kappa shape index (κ1) is 17.7. The van der Waals surface area contributed by atoms with Gasteiger partial charge in [-0.15, -0.1) is 13.2 Å². The predicted octanol–water partition coefficient (Wildman–Crippen LogP) is 4.35. The fourth-order valence-corrected chi connectivity index (χ4v) is 2.03. The highest BCUT2D eigenvalue weighted by Gasteiger charge is 2.31. The third-order valence-electron chi connectivity index (χ3n) is 3.15. The van der Waals surface area contributed by atoms with Crippen molar-refractivity contribution in [2.24, 2.45) is 0 Å². The van der Waals surface area contributed by atoms with Gasteiger partial charge in [0.25, 0.3) is 5.91 Å². The predicted molar refractivity (Wildman–Crippen MR) is 75.4 cm³/mol. The maximum absolute atomic E-state index is 13.5. The third kappa shape index (κ3) is 4.43. The van der Waals surface area contributed by atoms with E-state index in [1.165, 1.54) is 19.1 Å². The Morgan fingerprint density at radius 3 is 2.08 bits per heavy atom. The zero-order chi connectivity index (χ0) is 17.9. The van der Waals surface area contributed by atoms with Gasteiger partial charge in [-0.25, -0.2) is 8.78 Å². The highest BCUT2D eigenvalue weighted by Crippen LogP contribution is 2.24. The number of benzene rings is 2. The first-order chi connectivity index (χ1) is 11.2. The molecule has 0 heterocycles. The summed E-state index contributed by atoms with van der Waals surface area (Å²) in [4.78, 5) is 12.0. The molecule has 3 nitrogen and oxygen atoms in total. The van der Waals surface area contributed by atoms with Crippen LogP contribution in [0.25, 0.3) is 0 Å². The molecule has 0 aromatic heterocycles. The molecule has 0 spiro atoms. The SMILES string of the molecule is CC(NC(=O)c1c(F)cccc1F)c1ccc(OC(F)(F)F)cc1. The molecule has 0 saturated heterocycles. The molecule has 2 aromatic rings. The molecule has 0 aliphatic heterocycles. The second kappa shape index (κ2) is 6.86. The lowest BCUT2D eigenvalue weighted by Gasteiger charge is -2.16. The molecule has 0 bridgehead atoms. The third-order valence-corrected chi connectivity index (χ3v) is 3.15. The van der Waals surface area contributed by atoms with E-state index in [4.69, 9.17) is 0 Å². The van der Waals surface area contributed by atoms with Crippen LogP contribution >= 0.6 is 0 Å². The van der Waals surface area contributed by atoms with Gasteiger partial charge in [0.1, 0.15) is 22.9 Å². The Balaban J connectivity index is 2.09. The minimum Gasteiger partial charge on any atom is -0.406 e. The fraction of sp³-hybridized carbons (Fsp3) is 0.188. The van der Waals surface area contributed by atoms with Crippen molar-refractivity contribution in [1.82, 2.24) is 5.32 Å². The molecule has 1 amide bonds. The summed E-state index contributed by atoms with van der Waals surface area (Å²) in [5.41, 5.74) is -0.281. The lowest BCUT2D eigenvalue weighted by atomic mass is 10.1. The van der Waals surface area contributed by atoms with Crippen molar-refractivity contribution in [3.05, 3.63) is 65.2 Å². The van der Waals surface area contributed by atoms with Crippen molar-refractivity contribution in [1.29, 1.82) is 0 Å². The van der Waals surface area contributed by atoms with Crippen LogP contribution in [0, 0.1) is 11.6 Å². The number of hydrogen-bond acceptors (Lipinski definition) is 2. The Morgan fingerprint density at radius 1 is 1.04 bits per heavy atom. The molecule has 128 valence electrons. The van der Waals surface area contributed by atoms with Crippen LogP contribution in [0.1, 0.15) is 28.9 Å². The molecule has 0 radical (unpaired) electrons. The maximum atomic E-state index is 13.5. The van der Waals surface area contributed by atoms with Gasteiger partial charge in [0, 0.05) is 0 Å². The number of rotatable bonds is 4. The molecule has 0 saturated carbocycles. The Bertz CT molecular complexity index is 708. The Morgan fingerprint density at radius 2 is 1.58 bits per heavy atom. The smallest absolute Gasteiger partial charge is 0.406 e. The molecular formula is C16H12F5NO2. The van der Waals surface area contributed by atoms with E-state index in [-0.39, 0.29) is 0 Å². The van der Waals surface area contributed by atoms with Crippen LogP contribution in [-0.4, -0.2) is 12.3 Å². The lowest BCUT2D eigenvalue weighted by molar-refractivity contribution is -0.274. The summed E-state index contributed by atoms with van der Waals surface area (Å²) in [5.74, 6) is -3.39. The van der Waals surface area contributed by atoms with E-state index in [9.17, 15) is 26.7 Å². The number of alkyl halides is 3. The Kier molecular flexibility index (Phi) is 5.06. The molecule has 2 rings (SSSR count). The summed E-state index contributed by atoms with van der Waals surface area (Å²) in [6, 6.07) is 7.12. The van der Waals surface area contributed by atoms with E-state index in [1.54, 1.807) is 0 Å². The zero-order valence-electron chi connectivity index (χ0n) is 12.3. The number of hydrogen-bond donors (Lipinski definition) is 1. The van der Waals surface area contributed by atoms with Crippen molar-refractivity contribution in [3.8, 4) is 5.75 Å². The summed E-state index contributed by atoms with van der Waals surface area (Å²) in [5, 5.41) is 2.38. The molecule has 1 N–H and O–H groups in total. The summed E-state index contributed by atoms with van der Waals surface area (Å²) in [6.07, 6.45) is -4.80. The summed E-state index contributed by atoms with van der Waals surface area (Å²) >= 11 is 0. The Hall–Kier alpha value is -2.64. The quantitative estimate of drug-likeness (QED) is 0.837. The van der Waals surface area contributed by atoms with E-state index >= 15 is 0 Å². The van der Waals surface area contributed by atoms with Crippen LogP contribution in [0.3, 0.4) is 0 Å². The van der Waals surface area contributed by atoms with Crippen LogP contribution < -0.4 is 10.1 Å². The monoisotopic (exact) mass is 345 g/mol. The van der Waals surface area contributed by atoms with Crippen molar-refractivity contribution in [2.45, 2.75) is 19.3 Å². The van der Waals surface area contributed by atoms with Crippen molar-refractivity contribution in [2.75, 3.05) is 0 Å². The van der Waals surface area contributed by atoms with Crippen molar-refractivity contribution >= 4 is 5.91 Å². The van der Waals surface area contributed by atoms with Gasteiger partial charge in [-0.05, 0) is 36.8 Å². The maximum Gasteiger partial charge on any atom is 0.573 e. The molecule has 0 aliphatic carbocycles. The molecule has 1 unspecified atom stereocenters. The standard InChI is InChI=1S/C16H12F5NO2/c1-9(10-5-7-11(8-6-10)24-16(19,20)21)22-15(23)14-12(17)3-2-4-13(14)18/h2-9H,1H3,(H,22,23). The van der Waals surface area contributed by atoms with E-state index in [1.807, 2.05) is 0 Å². The molecule has 1 atom stereocenters. The van der Waals surface area contributed by atoms with Crippen LogP contribution in [0.5, 0.6) is 5.75 Å². The second-order valence-electron chi connectivity index (χ2n) is 4.91. The molecule has 24 heavy (non-hydrogen) atoms. The number of carbonyl (C=O) groups excluding carboxylic acids is 1. The van der Waals surface area contributed by atoms with E-state index in [0.717, 1.165) is 30.3 Å². The van der Waals surface area contributed by atoms with Crippen LogP contribution in [-0.2, 0) is 0 Å². The largest absolute Gasteiger partial charge is 0.573 e. The number of halogens is 5. The average molecular weight is 345 g/mol. The summed E-state index contributed by atoms with van der Waals surface area (Å²) in [7, 11) is 0. The molecule has 2 aromatic carbocycles. The van der Waals surface area contributed by atoms with Crippen LogP contribution in [0.2, 0.25) is 0 Å². The van der Waals surface area contributed by atoms with Crippen molar-refractivity contribution < 1.29 is 31.5 Å². The van der Waals surface area contributed by atoms with Crippen LogP contribution in [0.15, 0.2) is 42.5 Å². The van der Waals surface area contributed by atoms with Gasteiger partial charge in [-0.3, -0.25) is 4.79 Å². The van der Waals surface area contributed by atoms with E-state index in [2.05, 4.69) is 10.1 Å². The van der Waals surface area contributed by atoms with Gasteiger partial charge in [0.05, 0.1) is 6.04 Å². The topological polar surface area (TPSA) is 38.3 Å². The highest BCUT2D eigenvalue weighted by atomic mass is 19.4. The fourth-order valence-electron chi connectivity index (χ4n) is 2.03. The molecular weight excluding hydrogens is 333 g/mol. The lowest BCUT2D eigenvalue weighted by Crippen LogP contribution is -2.28. The molecule has 0 fully saturated rings. The molecule has 0 aliphatic rings. The Labute approximate surface area is 134 Å². The van der Waals surface area contributed by atoms with Crippen molar-refractivity contribution in [3.63, 3.8) is 0 Å². The van der Waals surface area contributed by atoms with Gasteiger partial charge >= 0.3 is 6.36 Å². The minimum atomic E-state index is -4.80. The first-order valence-electron chi connectivity index (χ1n) is 6.78. The average Bonchev–Trinajstić information content (AvgIpc) is 2.46. The molecule has 8 heteroatoms. The zero-order valence-corrected chi connectivity index (χ0v) is 12.3. The highest BCUT2D eigenvalue weighted by molar-refractivity contribution is 5.95. The number of carbonyl (C=O) groups is 1. The van der Waals surface area contributed by atoms with Gasteiger partial charge in [0.15, 0.2) is 0 Å². The van der Waals surface area contributed by atoms with E-state index < -0.39 is 41.3 Å². The van der Waals surface area contributed by atoms with Gasteiger partial charge in [-0.1, -0.05) is 18.2 Å². The van der Waals surface area contributed by atoms with Crippen LogP contribution in [0.4, 0.5) is 22.0 Å². The van der Waals surface area contributed by atoms with Gasteiger partial charge in [0.2, 0.25) is 0 Å².